The van der Waals surface area contributed by atoms with Crippen molar-refractivity contribution in [3.05, 3.63) is 0 Å². The number of carbonyl (C=O) groups excluding carboxylic acids is 1. The second-order valence-electron chi connectivity index (χ2n) is 2.73. The number of carbonyl (C=O) groups is 2. The van der Waals surface area contributed by atoms with Crippen LogP contribution in [0, 0.1) is 12.3 Å². The molecule has 0 spiro atoms. The van der Waals surface area contributed by atoms with Crippen molar-refractivity contribution in [2.24, 2.45) is 0 Å². The maximum Gasteiger partial charge on any atom is 0.328 e. The highest BCUT2D eigenvalue weighted by atomic mass is 32.2. The topological polar surface area (TPSA) is 98.7 Å². The Labute approximate surface area is 97.8 Å². The van der Waals surface area contributed by atoms with Gasteiger partial charge in [-0.15, -0.1) is 18.2 Å². The van der Waals surface area contributed by atoms with Crippen molar-refractivity contribution < 1.29 is 19.8 Å². The van der Waals surface area contributed by atoms with Crippen molar-refractivity contribution in [1.29, 1.82) is 0 Å². The highest BCUT2D eigenvalue weighted by Gasteiger charge is 2.17. The molecule has 0 radical (unpaired) electrons. The molecule has 1 atom stereocenters. The molecule has 0 saturated carbocycles. The summed E-state index contributed by atoms with van der Waals surface area (Å²) < 4.78 is 0. The lowest BCUT2D eigenvalue weighted by atomic mass is 10.3. The average Bonchev–Trinajstić information content (AvgIpc) is 2.25. The fourth-order valence-corrected chi connectivity index (χ4v) is 1.27. The van der Waals surface area contributed by atoms with Gasteiger partial charge >= 0.3 is 12.0 Å². The van der Waals surface area contributed by atoms with Crippen molar-refractivity contribution in [2.45, 2.75) is 6.04 Å². The first-order valence-electron chi connectivity index (χ1n) is 4.51. The number of rotatable bonds is 7. The van der Waals surface area contributed by atoms with Crippen LogP contribution in [0.15, 0.2) is 0 Å². The molecule has 0 aromatic carbocycles. The zero-order chi connectivity index (χ0) is 12.4. The van der Waals surface area contributed by atoms with E-state index in [4.69, 9.17) is 16.6 Å². The molecule has 0 unspecified atom stereocenters. The molecule has 0 rings (SSSR count). The quantitative estimate of drug-likeness (QED) is 0.344. The average molecular weight is 246 g/mol. The van der Waals surface area contributed by atoms with Gasteiger partial charge in [0.05, 0.1) is 12.4 Å². The molecule has 16 heavy (non-hydrogen) atoms. The van der Waals surface area contributed by atoms with Crippen molar-refractivity contribution in [3.63, 3.8) is 0 Å². The number of aliphatic hydroxyl groups excluding tert-OH is 1. The summed E-state index contributed by atoms with van der Waals surface area (Å²) in [6.07, 6.45) is 5.02. The van der Waals surface area contributed by atoms with Gasteiger partial charge in [0.25, 0.3) is 0 Å². The van der Waals surface area contributed by atoms with Gasteiger partial charge in [-0.2, -0.15) is 0 Å². The van der Waals surface area contributed by atoms with Crippen LogP contribution in [-0.4, -0.2) is 52.9 Å². The first-order chi connectivity index (χ1) is 7.61. The van der Waals surface area contributed by atoms with Crippen molar-refractivity contribution >= 4 is 23.8 Å². The highest BCUT2D eigenvalue weighted by Crippen LogP contribution is 1.95. The molecular formula is C9H14N2O4S. The third-order valence-corrected chi connectivity index (χ3v) is 2.37. The maximum atomic E-state index is 11.1. The largest absolute Gasteiger partial charge is 0.480 e. The van der Waals surface area contributed by atoms with Crippen LogP contribution in [0.2, 0.25) is 0 Å². The molecule has 0 aromatic rings. The van der Waals surface area contributed by atoms with Crippen LogP contribution in [-0.2, 0) is 4.79 Å². The predicted molar refractivity (Wildman–Crippen MR) is 61.2 cm³/mol. The Kier molecular flexibility index (Phi) is 8.11. The van der Waals surface area contributed by atoms with E-state index >= 15 is 0 Å². The van der Waals surface area contributed by atoms with Gasteiger partial charge < -0.3 is 20.8 Å². The highest BCUT2D eigenvalue weighted by molar-refractivity contribution is 7.99. The van der Waals surface area contributed by atoms with Gasteiger partial charge in [-0.05, 0) is 0 Å². The lowest BCUT2D eigenvalue weighted by Gasteiger charge is -2.12. The summed E-state index contributed by atoms with van der Waals surface area (Å²) in [5, 5.41) is 21.7. The van der Waals surface area contributed by atoms with E-state index in [9.17, 15) is 9.59 Å². The number of amides is 2. The van der Waals surface area contributed by atoms with Crippen LogP contribution in [0.25, 0.3) is 0 Å². The number of aliphatic carboxylic acids is 1. The zero-order valence-corrected chi connectivity index (χ0v) is 9.42. The summed E-state index contributed by atoms with van der Waals surface area (Å²) in [6.45, 7) is -0.259. The molecule has 0 aromatic heterocycles. The molecule has 0 aliphatic heterocycles. The molecule has 7 heteroatoms. The van der Waals surface area contributed by atoms with Crippen molar-refractivity contribution in [1.82, 2.24) is 10.6 Å². The molecule has 90 valence electrons. The number of hydrogen-bond donors (Lipinski definition) is 4. The van der Waals surface area contributed by atoms with Crippen molar-refractivity contribution in [2.75, 3.05) is 24.7 Å². The van der Waals surface area contributed by atoms with E-state index < -0.39 is 24.6 Å². The van der Waals surface area contributed by atoms with Crippen LogP contribution >= 0.6 is 11.8 Å². The molecular weight excluding hydrogens is 232 g/mol. The van der Waals surface area contributed by atoms with Gasteiger partial charge in [-0.1, -0.05) is 5.92 Å². The molecule has 0 bridgehead atoms. The third-order valence-electron chi connectivity index (χ3n) is 1.50. The smallest absolute Gasteiger partial charge is 0.328 e. The van der Waals surface area contributed by atoms with E-state index in [2.05, 4.69) is 16.6 Å². The number of terminal acetylenes is 1. The van der Waals surface area contributed by atoms with Crippen LogP contribution in [0.5, 0.6) is 0 Å². The number of urea groups is 1. The third kappa shape index (κ3) is 6.98. The summed E-state index contributed by atoms with van der Waals surface area (Å²) in [5.74, 6) is 2.37. The molecule has 6 nitrogen and oxygen atoms in total. The Balaban J connectivity index is 3.65. The Bertz CT molecular complexity index is 277. The summed E-state index contributed by atoms with van der Waals surface area (Å²) in [7, 11) is 0. The lowest BCUT2D eigenvalue weighted by Crippen LogP contribution is -2.48. The van der Waals surface area contributed by atoms with E-state index in [1.165, 1.54) is 11.8 Å². The Morgan fingerprint density at radius 1 is 1.50 bits per heavy atom. The molecule has 0 fully saturated rings. The predicted octanol–water partition coefficient (Wildman–Crippen LogP) is -0.902. The fraction of sp³-hybridized carbons (Fsp3) is 0.556. The van der Waals surface area contributed by atoms with Gasteiger partial charge in [-0.25, -0.2) is 9.59 Å². The lowest BCUT2D eigenvalue weighted by molar-refractivity contribution is -0.140. The summed E-state index contributed by atoms with van der Waals surface area (Å²) >= 11 is 1.48. The van der Waals surface area contributed by atoms with Gasteiger partial charge in [0.1, 0.15) is 0 Å². The van der Waals surface area contributed by atoms with E-state index in [0.717, 1.165) is 0 Å². The van der Waals surface area contributed by atoms with Crippen LogP contribution in [0.4, 0.5) is 4.79 Å². The Hall–Kier alpha value is -1.39. The number of aliphatic hydroxyl groups is 1. The minimum Gasteiger partial charge on any atom is -0.480 e. The van der Waals surface area contributed by atoms with E-state index in [-0.39, 0.29) is 0 Å². The number of hydrogen-bond acceptors (Lipinski definition) is 4. The monoisotopic (exact) mass is 246 g/mol. The molecule has 0 heterocycles. The Morgan fingerprint density at radius 2 is 2.19 bits per heavy atom. The molecule has 2 amide bonds. The molecule has 4 N–H and O–H groups in total. The minimum atomic E-state index is -1.28. The number of thioether (sulfide) groups is 1. The van der Waals surface area contributed by atoms with Gasteiger partial charge in [-0.3, -0.25) is 0 Å². The number of carboxylic acids is 1. The number of carboxylic acid groups (broad SMARTS) is 1. The normalized spacial score (nSPS) is 11.2. The van der Waals surface area contributed by atoms with Crippen LogP contribution in [0.1, 0.15) is 0 Å². The van der Waals surface area contributed by atoms with E-state index in [0.29, 0.717) is 18.1 Å². The first-order valence-corrected chi connectivity index (χ1v) is 5.66. The van der Waals surface area contributed by atoms with E-state index in [1.54, 1.807) is 0 Å². The van der Waals surface area contributed by atoms with Crippen molar-refractivity contribution in [3.8, 4) is 12.3 Å². The van der Waals surface area contributed by atoms with Gasteiger partial charge in [0, 0.05) is 12.3 Å². The molecule has 0 aliphatic rings. The number of nitrogens with one attached hydrogen (secondary N) is 2. The summed E-state index contributed by atoms with van der Waals surface area (Å²) in [6, 6.07) is -1.90. The summed E-state index contributed by atoms with van der Waals surface area (Å²) in [5.41, 5.74) is 0. The van der Waals surface area contributed by atoms with Gasteiger partial charge in [0.15, 0.2) is 6.04 Å². The minimum absolute atomic E-state index is 0.385. The SMILES string of the molecule is C#CCSCCNC(=O)N[C@H](CO)C(=O)O. The second-order valence-corrected chi connectivity index (χ2v) is 3.84. The molecule has 0 aliphatic carbocycles. The Morgan fingerprint density at radius 3 is 2.69 bits per heavy atom. The van der Waals surface area contributed by atoms with Crippen LogP contribution in [0.3, 0.4) is 0 Å². The zero-order valence-electron chi connectivity index (χ0n) is 8.60. The van der Waals surface area contributed by atoms with E-state index in [1.807, 2.05) is 0 Å². The molecule has 0 saturated heterocycles. The fourth-order valence-electron chi connectivity index (χ4n) is 0.763. The van der Waals surface area contributed by atoms with Gasteiger partial charge in [0.2, 0.25) is 0 Å². The maximum absolute atomic E-state index is 11.1. The summed E-state index contributed by atoms with van der Waals surface area (Å²) in [4.78, 5) is 21.6. The van der Waals surface area contributed by atoms with Crippen LogP contribution < -0.4 is 10.6 Å². The first kappa shape index (κ1) is 14.6. The standard InChI is InChI=1S/C9H14N2O4S/c1-2-4-16-5-3-10-9(15)11-7(6-12)8(13)14/h1,7,12H,3-6H2,(H,13,14)(H2,10,11,15)/t7-/m1/s1. The second kappa shape index (κ2) is 8.88.